The van der Waals surface area contributed by atoms with E-state index in [0.29, 0.717) is 41.3 Å². The Morgan fingerprint density at radius 1 is 0.941 bits per heavy atom. The number of nitrogens with zero attached hydrogens (tertiary/aromatic N) is 4. The van der Waals surface area contributed by atoms with Crippen LogP contribution in [-0.4, -0.2) is 66.8 Å². The highest BCUT2D eigenvalue weighted by atomic mass is 32.2. The van der Waals surface area contributed by atoms with Crippen LogP contribution >= 0.6 is 11.8 Å². The van der Waals surface area contributed by atoms with E-state index in [2.05, 4.69) is 10.2 Å². The van der Waals surface area contributed by atoms with Crippen LogP contribution in [0.1, 0.15) is 12.5 Å². The molecule has 0 atom stereocenters. The van der Waals surface area contributed by atoms with Crippen LogP contribution in [0.3, 0.4) is 0 Å². The monoisotopic (exact) mass is 486 g/mol. The number of para-hydroxylation sites is 1. The average molecular weight is 487 g/mol. The van der Waals surface area contributed by atoms with E-state index in [1.807, 2.05) is 41.8 Å². The second-order valence-corrected chi connectivity index (χ2v) is 8.23. The molecule has 182 valence electrons. The van der Waals surface area contributed by atoms with Gasteiger partial charge in [-0.25, -0.2) is 0 Å². The summed E-state index contributed by atoms with van der Waals surface area (Å²) in [7, 11) is 8.07. The minimum Gasteiger partial charge on any atom is -0.496 e. The first-order valence-corrected chi connectivity index (χ1v) is 11.7. The van der Waals surface area contributed by atoms with E-state index in [1.165, 1.54) is 11.8 Å². The number of hydrogen-bond acceptors (Lipinski definition) is 8. The molecule has 34 heavy (non-hydrogen) atoms. The van der Waals surface area contributed by atoms with Crippen LogP contribution in [-0.2, 0) is 17.9 Å². The highest BCUT2D eigenvalue weighted by Gasteiger charge is 2.21. The predicted octanol–water partition coefficient (Wildman–Crippen LogP) is 3.75. The summed E-state index contributed by atoms with van der Waals surface area (Å²) in [5.41, 5.74) is 1.67. The van der Waals surface area contributed by atoms with Crippen molar-refractivity contribution in [2.75, 3.05) is 41.2 Å². The van der Waals surface area contributed by atoms with Crippen molar-refractivity contribution in [2.24, 2.45) is 0 Å². The Hall–Kier alpha value is -3.40. The van der Waals surface area contributed by atoms with Crippen LogP contribution in [0.2, 0.25) is 0 Å². The van der Waals surface area contributed by atoms with E-state index in [4.69, 9.17) is 18.9 Å². The highest BCUT2D eigenvalue weighted by molar-refractivity contribution is 7.99. The maximum atomic E-state index is 12.9. The molecule has 1 aromatic heterocycles. The second kappa shape index (κ2) is 11.6. The number of carbonyl (C=O) groups is 1. The van der Waals surface area contributed by atoms with Gasteiger partial charge in [0.05, 0.1) is 39.8 Å². The van der Waals surface area contributed by atoms with Gasteiger partial charge in [0.25, 0.3) is 0 Å². The maximum Gasteiger partial charge on any atom is 0.233 e. The molecule has 0 aliphatic carbocycles. The number of rotatable bonds is 11. The lowest BCUT2D eigenvalue weighted by Gasteiger charge is -2.21. The molecular formula is C24H30N4O5S. The molecule has 1 heterocycles. The van der Waals surface area contributed by atoms with Gasteiger partial charge in [0, 0.05) is 25.7 Å². The Kier molecular flexibility index (Phi) is 8.64. The number of methoxy groups -OCH3 is 4. The highest BCUT2D eigenvalue weighted by Crippen LogP contribution is 2.40. The fourth-order valence-electron chi connectivity index (χ4n) is 3.58. The lowest BCUT2D eigenvalue weighted by Crippen LogP contribution is -2.28. The van der Waals surface area contributed by atoms with Crippen LogP contribution in [0, 0.1) is 0 Å². The fourth-order valence-corrected chi connectivity index (χ4v) is 4.52. The second-order valence-electron chi connectivity index (χ2n) is 7.28. The van der Waals surface area contributed by atoms with Crippen molar-refractivity contribution in [3.63, 3.8) is 0 Å². The summed E-state index contributed by atoms with van der Waals surface area (Å²) in [6.07, 6.45) is 0. The SMILES string of the molecule is CCn1c(SCC(=O)N(C)Cc2ccc(OC)c(OC)c2OC)nnc1-c1ccccc1OC. The molecule has 0 bridgehead atoms. The lowest BCUT2D eigenvalue weighted by molar-refractivity contribution is -0.127. The van der Waals surface area contributed by atoms with Gasteiger partial charge in [0.1, 0.15) is 5.75 Å². The lowest BCUT2D eigenvalue weighted by atomic mass is 10.1. The number of thioether (sulfide) groups is 1. The predicted molar refractivity (Wildman–Crippen MR) is 131 cm³/mol. The van der Waals surface area contributed by atoms with Crippen molar-refractivity contribution in [1.82, 2.24) is 19.7 Å². The fraction of sp³-hybridized carbons (Fsp3) is 0.375. The Labute approximate surface area is 204 Å². The molecule has 0 aliphatic rings. The molecule has 2 aromatic carbocycles. The Bertz CT molecular complexity index is 1130. The number of amides is 1. The van der Waals surface area contributed by atoms with Crippen LogP contribution in [0.15, 0.2) is 41.6 Å². The van der Waals surface area contributed by atoms with Crippen molar-refractivity contribution in [1.29, 1.82) is 0 Å². The summed E-state index contributed by atoms with van der Waals surface area (Å²) < 4.78 is 23.8. The Morgan fingerprint density at radius 3 is 2.29 bits per heavy atom. The van der Waals surface area contributed by atoms with E-state index in [0.717, 1.165) is 16.9 Å². The molecular weight excluding hydrogens is 456 g/mol. The molecule has 10 heteroatoms. The molecule has 0 saturated carbocycles. The summed E-state index contributed by atoms with van der Waals surface area (Å²) in [6.45, 7) is 3.04. The molecule has 0 unspecified atom stereocenters. The van der Waals surface area contributed by atoms with E-state index < -0.39 is 0 Å². The van der Waals surface area contributed by atoms with E-state index in [9.17, 15) is 4.79 Å². The van der Waals surface area contributed by atoms with Crippen molar-refractivity contribution in [3.05, 3.63) is 42.0 Å². The standard InChI is InChI=1S/C24H30N4O5S/c1-7-28-23(17-10-8-9-11-18(17)30-3)25-26-24(28)34-15-20(29)27(2)14-16-12-13-19(31-4)22(33-6)21(16)32-5/h8-13H,7,14-15H2,1-6H3. The summed E-state index contributed by atoms with van der Waals surface area (Å²) in [5.74, 6) is 3.21. The smallest absolute Gasteiger partial charge is 0.233 e. The summed E-state index contributed by atoms with van der Waals surface area (Å²) >= 11 is 1.35. The molecule has 0 fully saturated rings. The zero-order valence-electron chi connectivity index (χ0n) is 20.3. The van der Waals surface area contributed by atoms with Gasteiger partial charge in [0.2, 0.25) is 11.7 Å². The third-order valence-corrected chi connectivity index (χ3v) is 6.28. The summed E-state index contributed by atoms with van der Waals surface area (Å²) in [5, 5.41) is 9.36. The van der Waals surface area contributed by atoms with E-state index in [-0.39, 0.29) is 11.7 Å². The first kappa shape index (κ1) is 25.2. The molecule has 3 aromatic rings. The molecule has 0 saturated heterocycles. The molecule has 0 aliphatic heterocycles. The molecule has 1 amide bonds. The van der Waals surface area contributed by atoms with Gasteiger partial charge in [-0.3, -0.25) is 4.79 Å². The first-order valence-electron chi connectivity index (χ1n) is 10.7. The molecule has 0 spiro atoms. The van der Waals surface area contributed by atoms with Crippen molar-refractivity contribution in [3.8, 4) is 34.4 Å². The zero-order chi connectivity index (χ0) is 24.7. The quantitative estimate of drug-likeness (QED) is 0.379. The van der Waals surface area contributed by atoms with Gasteiger partial charge in [0.15, 0.2) is 22.5 Å². The topological polar surface area (TPSA) is 87.9 Å². The number of ether oxygens (including phenoxy) is 4. The maximum absolute atomic E-state index is 12.9. The summed E-state index contributed by atoms with van der Waals surface area (Å²) in [6, 6.07) is 11.3. The summed E-state index contributed by atoms with van der Waals surface area (Å²) in [4.78, 5) is 14.5. The number of aromatic nitrogens is 3. The minimum atomic E-state index is -0.0497. The van der Waals surface area contributed by atoms with Gasteiger partial charge in [-0.05, 0) is 31.2 Å². The zero-order valence-corrected chi connectivity index (χ0v) is 21.1. The Balaban J connectivity index is 1.73. The average Bonchev–Trinajstić information content (AvgIpc) is 3.29. The third kappa shape index (κ3) is 5.22. The van der Waals surface area contributed by atoms with Crippen LogP contribution in [0.5, 0.6) is 23.0 Å². The molecule has 9 nitrogen and oxygen atoms in total. The van der Waals surface area contributed by atoms with Crippen molar-refractivity contribution < 1.29 is 23.7 Å². The Morgan fingerprint density at radius 2 is 1.65 bits per heavy atom. The molecule has 3 rings (SSSR count). The van der Waals surface area contributed by atoms with E-state index >= 15 is 0 Å². The molecule has 0 radical (unpaired) electrons. The number of hydrogen-bond donors (Lipinski definition) is 0. The van der Waals surface area contributed by atoms with Crippen molar-refractivity contribution in [2.45, 2.75) is 25.2 Å². The molecule has 0 N–H and O–H groups in total. The van der Waals surface area contributed by atoms with Gasteiger partial charge in [-0.15, -0.1) is 10.2 Å². The van der Waals surface area contributed by atoms with E-state index in [1.54, 1.807) is 46.5 Å². The third-order valence-electron chi connectivity index (χ3n) is 5.32. The minimum absolute atomic E-state index is 0.0497. The first-order chi connectivity index (χ1) is 16.5. The van der Waals surface area contributed by atoms with Crippen LogP contribution in [0.4, 0.5) is 0 Å². The van der Waals surface area contributed by atoms with Crippen LogP contribution in [0.25, 0.3) is 11.4 Å². The normalized spacial score (nSPS) is 10.6. The number of carbonyl (C=O) groups excluding carboxylic acids is 1. The van der Waals surface area contributed by atoms with Gasteiger partial charge in [-0.1, -0.05) is 23.9 Å². The van der Waals surface area contributed by atoms with Gasteiger partial charge < -0.3 is 28.4 Å². The van der Waals surface area contributed by atoms with Gasteiger partial charge >= 0.3 is 0 Å². The van der Waals surface area contributed by atoms with Crippen LogP contribution < -0.4 is 18.9 Å². The number of benzene rings is 2. The van der Waals surface area contributed by atoms with Gasteiger partial charge in [-0.2, -0.15) is 0 Å². The largest absolute Gasteiger partial charge is 0.496 e. The van der Waals surface area contributed by atoms with Crippen molar-refractivity contribution >= 4 is 17.7 Å².